The molecule has 3 rings (SSSR count). The Morgan fingerprint density at radius 3 is 2.76 bits per heavy atom. The monoisotopic (exact) mass is 288 g/mol. The number of hydrogen-bond acceptors (Lipinski definition) is 3. The fraction of sp³-hybridized carbons (Fsp3) is 0.588. The normalized spacial score (nSPS) is 29.0. The van der Waals surface area contributed by atoms with Gasteiger partial charge in [-0.05, 0) is 31.4 Å². The first kappa shape index (κ1) is 14.5. The molecule has 1 saturated heterocycles. The van der Waals surface area contributed by atoms with E-state index in [1.54, 1.807) is 0 Å². The van der Waals surface area contributed by atoms with Crippen molar-refractivity contribution in [2.75, 3.05) is 19.7 Å². The number of piperazine rings is 1. The van der Waals surface area contributed by atoms with Crippen LogP contribution in [0.4, 0.5) is 0 Å². The van der Waals surface area contributed by atoms with E-state index in [0.29, 0.717) is 25.1 Å². The second kappa shape index (κ2) is 6.16. The van der Waals surface area contributed by atoms with Gasteiger partial charge >= 0.3 is 0 Å². The van der Waals surface area contributed by atoms with E-state index in [2.05, 4.69) is 37.4 Å². The van der Waals surface area contributed by atoms with Crippen molar-refractivity contribution >= 4 is 5.91 Å². The number of nitrogens with one attached hydrogen (secondary N) is 1. The molecule has 0 saturated carbocycles. The molecule has 0 aliphatic carbocycles. The standard InChI is InChI=1S/C17H24N2O2/c1-12-10-19(11-13(2)18-12)17(20)9-16-15-6-4-3-5-14(15)7-8-21-16/h3-6,12-13,16,18H,7-11H2,1-2H3/t12-,13+,16-/m0/s1. The second-order valence-corrected chi connectivity index (χ2v) is 6.28. The van der Waals surface area contributed by atoms with Crippen LogP contribution >= 0.6 is 0 Å². The molecule has 114 valence electrons. The summed E-state index contributed by atoms with van der Waals surface area (Å²) in [4.78, 5) is 14.6. The third-order valence-corrected chi connectivity index (χ3v) is 4.36. The predicted octanol–water partition coefficient (Wildman–Crippen LogP) is 1.90. The van der Waals surface area contributed by atoms with E-state index in [0.717, 1.165) is 19.5 Å². The van der Waals surface area contributed by atoms with Gasteiger partial charge in [-0.15, -0.1) is 0 Å². The van der Waals surface area contributed by atoms with E-state index < -0.39 is 0 Å². The maximum Gasteiger partial charge on any atom is 0.225 e. The van der Waals surface area contributed by atoms with E-state index >= 15 is 0 Å². The summed E-state index contributed by atoms with van der Waals surface area (Å²) in [6, 6.07) is 9.04. The van der Waals surface area contributed by atoms with Crippen LogP contribution in [0.3, 0.4) is 0 Å². The van der Waals surface area contributed by atoms with Crippen molar-refractivity contribution in [3.8, 4) is 0 Å². The van der Waals surface area contributed by atoms with Crippen LogP contribution in [0.15, 0.2) is 24.3 Å². The molecule has 1 aromatic carbocycles. The van der Waals surface area contributed by atoms with Gasteiger partial charge in [0.15, 0.2) is 0 Å². The summed E-state index contributed by atoms with van der Waals surface area (Å²) >= 11 is 0. The molecular weight excluding hydrogens is 264 g/mol. The third-order valence-electron chi connectivity index (χ3n) is 4.36. The number of benzene rings is 1. The summed E-state index contributed by atoms with van der Waals surface area (Å²) in [6.45, 7) is 6.54. The summed E-state index contributed by atoms with van der Waals surface area (Å²) in [5, 5.41) is 3.46. The Morgan fingerprint density at radius 2 is 2.00 bits per heavy atom. The molecule has 0 radical (unpaired) electrons. The molecule has 0 bridgehead atoms. The Kier molecular flexibility index (Phi) is 4.27. The highest BCUT2D eigenvalue weighted by atomic mass is 16.5. The van der Waals surface area contributed by atoms with Gasteiger partial charge in [-0.1, -0.05) is 24.3 Å². The first-order valence-electron chi connectivity index (χ1n) is 7.86. The number of carbonyl (C=O) groups excluding carboxylic acids is 1. The van der Waals surface area contributed by atoms with Crippen molar-refractivity contribution in [1.29, 1.82) is 0 Å². The smallest absolute Gasteiger partial charge is 0.225 e. The highest BCUT2D eigenvalue weighted by molar-refractivity contribution is 5.77. The van der Waals surface area contributed by atoms with Crippen LogP contribution in [-0.2, 0) is 16.0 Å². The van der Waals surface area contributed by atoms with Gasteiger partial charge in [-0.3, -0.25) is 4.79 Å². The SMILES string of the molecule is C[C@@H]1CN(C(=O)C[C@@H]2OCCc3ccccc32)C[C@H](C)N1. The molecule has 1 N–H and O–H groups in total. The number of fused-ring (bicyclic) bond motifs is 1. The molecular formula is C17H24N2O2. The highest BCUT2D eigenvalue weighted by Crippen LogP contribution is 2.30. The highest BCUT2D eigenvalue weighted by Gasteiger charge is 2.29. The number of amides is 1. The van der Waals surface area contributed by atoms with Crippen LogP contribution in [0.2, 0.25) is 0 Å². The van der Waals surface area contributed by atoms with Crippen LogP contribution in [0, 0.1) is 0 Å². The van der Waals surface area contributed by atoms with Gasteiger partial charge in [0.2, 0.25) is 5.91 Å². The zero-order chi connectivity index (χ0) is 14.8. The zero-order valence-electron chi connectivity index (χ0n) is 12.8. The van der Waals surface area contributed by atoms with Crippen LogP contribution in [0.5, 0.6) is 0 Å². The minimum absolute atomic E-state index is 0.0806. The van der Waals surface area contributed by atoms with Crippen molar-refractivity contribution in [1.82, 2.24) is 10.2 Å². The molecule has 4 nitrogen and oxygen atoms in total. The lowest BCUT2D eigenvalue weighted by Gasteiger charge is -2.37. The van der Waals surface area contributed by atoms with Gasteiger partial charge in [0.1, 0.15) is 0 Å². The maximum absolute atomic E-state index is 12.6. The lowest BCUT2D eigenvalue weighted by Crippen LogP contribution is -2.56. The molecule has 3 atom stereocenters. The number of ether oxygens (including phenoxy) is 1. The summed E-state index contributed by atoms with van der Waals surface area (Å²) in [6.07, 6.45) is 1.32. The van der Waals surface area contributed by atoms with E-state index in [1.807, 2.05) is 11.0 Å². The summed E-state index contributed by atoms with van der Waals surface area (Å²) in [5.41, 5.74) is 2.51. The van der Waals surface area contributed by atoms with Crippen LogP contribution in [0.1, 0.15) is 37.5 Å². The maximum atomic E-state index is 12.6. The molecule has 21 heavy (non-hydrogen) atoms. The Hall–Kier alpha value is -1.39. The van der Waals surface area contributed by atoms with E-state index in [9.17, 15) is 4.79 Å². The third kappa shape index (κ3) is 3.27. The van der Waals surface area contributed by atoms with E-state index in [1.165, 1.54) is 11.1 Å². The number of carbonyl (C=O) groups is 1. The molecule has 1 amide bonds. The van der Waals surface area contributed by atoms with Crippen molar-refractivity contribution in [2.24, 2.45) is 0 Å². The predicted molar refractivity (Wildman–Crippen MR) is 82.1 cm³/mol. The van der Waals surface area contributed by atoms with Gasteiger partial charge in [-0.2, -0.15) is 0 Å². The Labute approximate surface area is 126 Å². The van der Waals surface area contributed by atoms with Crippen LogP contribution < -0.4 is 5.32 Å². The average Bonchev–Trinajstić information content (AvgIpc) is 2.46. The van der Waals surface area contributed by atoms with Crippen molar-refractivity contribution in [3.63, 3.8) is 0 Å². The minimum atomic E-state index is -0.0806. The second-order valence-electron chi connectivity index (χ2n) is 6.28. The lowest BCUT2D eigenvalue weighted by atomic mass is 9.95. The van der Waals surface area contributed by atoms with Crippen molar-refractivity contribution < 1.29 is 9.53 Å². The Balaban J connectivity index is 1.68. The number of nitrogens with zero attached hydrogens (tertiary/aromatic N) is 1. The lowest BCUT2D eigenvalue weighted by molar-refractivity contribution is -0.136. The Morgan fingerprint density at radius 1 is 1.29 bits per heavy atom. The molecule has 0 aromatic heterocycles. The molecule has 0 unspecified atom stereocenters. The number of hydrogen-bond donors (Lipinski definition) is 1. The number of rotatable bonds is 2. The van der Waals surface area contributed by atoms with Gasteiger partial charge in [0.05, 0.1) is 19.1 Å². The minimum Gasteiger partial charge on any atom is -0.373 e. The first-order valence-corrected chi connectivity index (χ1v) is 7.86. The van der Waals surface area contributed by atoms with E-state index in [-0.39, 0.29) is 12.0 Å². The van der Waals surface area contributed by atoms with Crippen LogP contribution in [-0.4, -0.2) is 42.6 Å². The molecule has 2 aliphatic rings. The van der Waals surface area contributed by atoms with Gasteiger partial charge in [-0.25, -0.2) is 0 Å². The Bertz CT molecular complexity index is 507. The topological polar surface area (TPSA) is 41.6 Å². The fourth-order valence-electron chi connectivity index (χ4n) is 3.46. The molecule has 4 heteroatoms. The van der Waals surface area contributed by atoms with Crippen molar-refractivity contribution in [2.45, 2.75) is 44.9 Å². The van der Waals surface area contributed by atoms with E-state index in [4.69, 9.17) is 4.74 Å². The summed E-state index contributed by atoms with van der Waals surface area (Å²) < 4.78 is 5.86. The first-order chi connectivity index (χ1) is 10.1. The molecule has 1 aromatic rings. The van der Waals surface area contributed by atoms with Crippen LogP contribution in [0.25, 0.3) is 0 Å². The largest absolute Gasteiger partial charge is 0.373 e. The van der Waals surface area contributed by atoms with Crippen molar-refractivity contribution in [3.05, 3.63) is 35.4 Å². The fourth-order valence-corrected chi connectivity index (χ4v) is 3.46. The van der Waals surface area contributed by atoms with Gasteiger partial charge in [0, 0.05) is 25.2 Å². The van der Waals surface area contributed by atoms with Gasteiger partial charge < -0.3 is 15.0 Å². The van der Waals surface area contributed by atoms with Gasteiger partial charge in [0.25, 0.3) is 0 Å². The molecule has 0 spiro atoms. The molecule has 2 heterocycles. The molecule has 2 aliphatic heterocycles. The summed E-state index contributed by atoms with van der Waals surface area (Å²) in [7, 11) is 0. The quantitative estimate of drug-likeness (QED) is 0.904. The molecule has 1 fully saturated rings. The zero-order valence-corrected chi connectivity index (χ0v) is 12.8. The summed E-state index contributed by atoms with van der Waals surface area (Å²) in [5.74, 6) is 0.205. The average molecular weight is 288 g/mol.